The molecule has 0 amide bonds. The molecule has 0 aliphatic carbocycles. The van der Waals surface area contributed by atoms with Crippen molar-refractivity contribution in [2.45, 2.75) is 26.6 Å². The van der Waals surface area contributed by atoms with Crippen molar-refractivity contribution in [3.8, 4) is 11.4 Å². The van der Waals surface area contributed by atoms with Crippen LogP contribution in [0.15, 0.2) is 113 Å². The second kappa shape index (κ2) is 13.2. The molecule has 5 rings (SSSR count). The van der Waals surface area contributed by atoms with E-state index < -0.39 is 17.3 Å². The molecular formula is C33H29ClN4O5. The first-order chi connectivity index (χ1) is 20.8. The SMILES string of the molecule is CCN(Cc1ccccc1)c1nc(=O)n(Cc2ccc(OCc3ccccc3)cc2)c(=O)n1-c1ccc(Cl)c(C(=O)O)c1. The topological polar surface area (TPSA) is 107 Å². The van der Waals surface area contributed by atoms with Crippen molar-refractivity contribution in [2.24, 2.45) is 0 Å². The van der Waals surface area contributed by atoms with Gasteiger partial charge in [-0.05, 0) is 53.9 Å². The lowest BCUT2D eigenvalue weighted by Gasteiger charge is -2.25. The second-order valence-corrected chi connectivity index (χ2v) is 10.2. The van der Waals surface area contributed by atoms with Crippen LogP contribution in [-0.2, 0) is 19.7 Å². The van der Waals surface area contributed by atoms with Gasteiger partial charge in [0, 0.05) is 13.1 Å². The number of carbonyl (C=O) groups is 1. The van der Waals surface area contributed by atoms with Gasteiger partial charge in [0.15, 0.2) is 0 Å². The molecule has 0 saturated carbocycles. The van der Waals surface area contributed by atoms with Gasteiger partial charge < -0.3 is 14.7 Å². The summed E-state index contributed by atoms with van der Waals surface area (Å²) in [5, 5.41) is 9.71. The third-order valence-electron chi connectivity index (χ3n) is 6.88. The Morgan fingerprint density at radius 3 is 2.16 bits per heavy atom. The Morgan fingerprint density at radius 2 is 1.53 bits per heavy atom. The molecule has 5 aromatic rings. The van der Waals surface area contributed by atoms with Crippen molar-refractivity contribution in [2.75, 3.05) is 11.4 Å². The zero-order chi connectivity index (χ0) is 30.3. The van der Waals surface area contributed by atoms with E-state index in [0.29, 0.717) is 31.0 Å². The van der Waals surface area contributed by atoms with Gasteiger partial charge in [0.05, 0.1) is 22.8 Å². The van der Waals surface area contributed by atoms with E-state index in [1.807, 2.05) is 67.6 Å². The number of carboxylic acid groups (broad SMARTS) is 1. The number of aromatic carboxylic acids is 1. The molecule has 1 aromatic heterocycles. The van der Waals surface area contributed by atoms with Crippen LogP contribution < -0.4 is 21.0 Å². The third-order valence-corrected chi connectivity index (χ3v) is 7.21. The van der Waals surface area contributed by atoms with Crippen molar-refractivity contribution in [3.63, 3.8) is 0 Å². The summed E-state index contributed by atoms with van der Waals surface area (Å²) >= 11 is 6.13. The largest absolute Gasteiger partial charge is 0.489 e. The first-order valence-electron chi connectivity index (χ1n) is 13.7. The van der Waals surface area contributed by atoms with E-state index in [4.69, 9.17) is 16.3 Å². The number of benzene rings is 4. The quantitative estimate of drug-likeness (QED) is 0.218. The van der Waals surface area contributed by atoms with Gasteiger partial charge in [-0.15, -0.1) is 0 Å². The Labute approximate surface area is 252 Å². The summed E-state index contributed by atoms with van der Waals surface area (Å²) in [4.78, 5) is 45.4. The van der Waals surface area contributed by atoms with Crippen molar-refractivity contribution < 1.29 is 14.6 Å². The highest BCUT2D eigenvalue weighted by molar-refractivity contribution is 6.33. The minimum absolute atomic E-state index is 0.0262. The van der Waals surface area contributed by atoms with Crippen LogP contribution in [0.2, 0.25) is 5.02 Å². The Morgan fingerprint density at radius 1 is 0.884 bits per heavy atom. The third kappa shape index (κ3) is 6.85. The molecule has 218 valence electrons. The Kier molecular flexibility index (Phi) is 9.02. The molecule has 0 unspecified atom stereocenters. The van der Waals surface area contributed by atoms with Crippen molar-refractivity contribution >= 4 is 23.5 Å². The molecule has 1 heterocycles. The molecular weight excluding hydrogens is 568 g/mol. The predicted molar refractivity (Wildman–Crippen MR) is 166 cm³/mol. The molecule has 1 N–H and O–H groups in total. The number of carboxylic acids is 1. The second-order valence-electron chi connectivity index (χ2n) is 9.79. The van der Waals surface area contributed by atoms with Gasteiger partial charge in [-0.3, -0.25) is 0 Å². The molecule has 4 aromatic carbocycles. The lowest BCUT2D eigenvalue weighted by Crippen LogP contribution is -2.44. The molecule has 0 radical (unpaired) electrons. The summed E-state index contributed by atoms with van der Waals surface area (Å²) in [5.41, 5.74) is 1.33. The van der Waals surface area contributed by atoms with E-state index in [0.717, 1.165) is 15.7 Å². The molecule has 0 fully saturated rings. The van der Waals surface area contributed by atoms with E-state index in [2.05, 4.69) is 4.98 Å². The Hall–Kier alpha value is -5.15. The zero-order valence-electron chi connectivity index (χ0n) is 23.4. The number of aromatic nitrogens is 3. The summed E-state index contributed by atoms with van der Waals surface area (Å²) in [6.07, 6.45) is 0. The summed E-state index contributed by atoms with van der Waals surface area (Å²) in [6.45, 7) is 3.04. The maximum atomic E-state index is 14.0. The smallest absolute Gasteiger partial charge is 0.355 e. The lowest BCUT2D eigenvalue weighted by molar-refractivity contribution is 0.0697. The minimum Gasteiger partial charge on any atom is -0.489 e. The number of nitrogens with zero attached hydrogens (tertiary/aromatic N) is 4. The van der Waals surface area contributed by atoms with Crippen LogP contribution in [0, 0.1) is 0 Å². The monoisotopic (exact) mass is 596 g/mol. The first-order valence-corrected chi connectivity index (χ1v) is 14.0. The van der Waals surface area contributed by atoms with Crippen LogP contribution in [0.4, 0.5) is 5.95 Å². The molecule has 10 heteroatoms. The fourth-order valence-corrected chi connectivity index (χ4v) is 4.81. The summed E-state index contributed by atoms with van der Waals surface area (Å²) in [5.74, 6) is -0.498. The highest BCUT2D eigenvalue weighted by atomic mass is 35.5. The van der Waals surface area contributed by atoms with Gasteiger partial charge in [-0.2, -0.15) is 4.98 Å². The van der Waals surface area contributed by atoms with Gasteiger partial charge >= 0.3 is 17.3 Å². The average molecular weight is 597 g/mol. The van der Waals surface area contributed by atoms with Crippen molar-refractivity contribution in [1.82, 2.24) is 14.1 Å². The average Bonchev–Trinajstić information content (AvgIpc) is 3.02. The minimum atomic E-state index is -1.24. The van der Waals surface area contributed by atoms with Crippen LogP contribution in [0.1, 0.15) is 34.0 Å². The maximum absolute atomic E-state index is 14.0. The number of halogens is 1. The number of anilines is 1. The molecule has 0 atom stereocenters. The fraction of sp³-hybridized carbons (Fsp3) is 0.152. The zero-order valence-corrected chi connectivity index (χ0v) is 24.1. The van der Waals surface area contributed by atoms with Gasteiger partial charge in [0.2, 0.25) is 5.95 Å². The highest BCUT2D eigenvalue weighted by Crippen LogP contribution is 2.23. The van der Waals surface area contributed by atoms with Gasteiger partial charge in [-0.1, -0.05) is 84.4 Å². The normalized spacial score (nSPS) is 10.8. The van der Waals surface area contributed by atoms with E-state index in [1.54, 1.807) is 29.2 Å². The number of rotatable bonds is 11. The number of hydrogen-bond donors (Lipinski definition) is 1. The molecule has 43 heavy (non-hydrogen) atoms. The maximum Gasteiger partial charge on any atom is 0.355 e. The molecule has 9 nitrogen and oxygen atoms in total. The molecule has 0 aliphatic heterocycles. The van der Waals surface area contributed by atoms with Crippen LogP contribution in [0.5, 0.6) is 5.75 Å². The molecule has 0 spiro atoms. The summed E-state index contributed by atoms with van der Waals surface area (Å²) in [7, 11) is 0. The standard InChI is InChI=1S/C33H29ClN4O5/c1-2-36(20-23-9-5-3-6-10-23)31-35-32(41)37(33(42)38(31)26-15-18-29(34)28(19-26)30(39)40)21-24-13-16-27(17-14-24)43-22-25-11-7-4-8-12-25/h3-19H,2,20-22H2,1H3,(H,39,40). The van der Waals surface area contributed by atoms with E-state index in [1.165, 1.54) is 22.8 Å². The number of hydrogen-bond acceptors (Lipinski definition) is 6. The number of ether oxygens (including phenoxy) is 1. The Bertz CT molecular complexity index is 1840. The van der Waals surface area contributed by atoms with E-state index in [-0.39, 0.29) is 28.8 Å². The van der Waals surface area contributed by atoms with Gasteiger partial charge in [-0.25, -0.2) is 23.5 Å². The summed E-state index contributed by atoms with van der Waals surface area (Å²) in [6, 6.07) is 30.7. The molecule has 0 bridgehead atoms. The van der Waals surface area contributed by atoms with Crippen LogP contribution in [0.3, 0.4) is 0 Å². The van der Waals surface area contributed by atoms with E-state index in [9.17, 15) is 19.5 Å². The highest BCUT2D eigenvalue weighted by Gasteiger charge is 2.21. The van der Waals surface area contributed by atoms with Crippen LogP contribution in [-0.4, -0.2) is 31.7 Å². The van der Waals surface area contributed by atoms with Crippen molar-refractivity contribution in [3.05, 3.63) is 151 Å². The molecule has 0 aliphatic rings. The first kappa shape index (κ1) is 29.3. The molecule has 0 saturated heterocycles. The fourth-order valence-electron chi connectivity index (χ4n) is 4.62. The Balaban J connectivity index is 1.53. The summed E-state index contributed by atoms with van der Waals surface area (Å²) < 4.78 is 8.13. The van der Waals surface area contributed by atoms with E-state index >= 15 is 0 Å². The van der Waals surface area contributed by atoms with Gasteiger partial charge in [0.1, 0.15) is 12.4 Å². The van der Waals surface area contributed by atoms with Crippen LogP contribution in [0.25, 0.3) is 5.69 Å². The van der Waals surface area contributed by atoms with Gasteiger partial charge in [0.25, 0.3) is 0 Å². The van der Waals surface area contributed by atoms with Crippen molar-refractivity contribution in [1.29, 1.82) is 0 Å². The predicted octanol–water partition coefficient (Wildman–Crippen LogP) is 5.40. The lowest BCUT2D eigenvalue weighted by atomic mass is 10.2. The van der Waals surface area contributed by atoms with Crippen LogP contribution >= 0.6 is 11.6 Å².